The first kappa shape index (κ1) is 23.9. The molecule has 0 aliphatic heterocycles. The number of hydrogen-bond donors (Lipinski definition) is 0. The molecule has 3 aromatic rings. The van der Waals surface area contributed by atoms with E-state index in [1.807, 2.05) is 24.3 Å². The molecule has 1 atom stereocenters. The first-order valence-corrected chi connectivity index (χ1v) is 11.3. The Morgan fingerprint density at radius 2 is 1.85 bits per heavy atom. The van der Waals surface area contributed by atoms with Crippen molar-refractivity contribution in [3.05, 3.63) is 77.2 Å². The number of hydrogen-bond acceptors (Lipinski definition) is 5. The van der Waals surface area contributed by atoms with Crippen molar-refractivity contribution in [3.8, 4) is 11.5 Å². The number of halogens is 3. The van der Waals surface area contributed by atoms with Gasteiger partial charge in [-0.1, -0.05) is 36.2 Å². The predicted octanol–water partition coefficient (Wildman–Crippen LogP) is 6.92. The lowest BCUT2D eigenvalue weighted by molar-refractivity contribution is -0.275. The summed E-state index contributed by atoms with van der Waals surface area (Å²) in [7, 11) is 0. The van der Waals surface area contributed by atoms with Gasteiger partial charge in [-0.05, 0) is 66.6 Å². The van der Waals surface area contributed by atoms with Crippen molar-refractivity contribution < 1.29 is 32.0 Å². The van der Waals surface area contributed by atoms with Crippen molar-refractivity contribution in [3.63, 3.8) is 0 Å². The van der Waals surface area contributed by atoms with Crippen LogP contribution in [-0.4, -0.2) is 17.3 Å². The maximum Gasteiger partial charge on any atom is 0.573 e. The van der Waals surface area contributed by atoms with Crippen molar-refractivity contribution in [2.45, 2.75) is 63.8 Å². The summed E-state index contributed by atoms with van der Waals surface area (Å²) in [6.07, 6.45) is 0.775. The van der Waals surface area contributed by atoms with Crippen LogP contribution in [0, 0.1) is 0 Å². The molecule has 0 amide bonds. The molecule has 0 bridgehead atoms. The van der Waals surface area contributed by atoms with E-state index in [-0.39, 0.29) is 30.0 Å². The molecule has 180 valence electrons. The summed E-state index contributed by atoms with van der Waals surface area (Å²) < 4.78 is 53.7. The minimum Gasteiger partial charge on any atom is -0.489 e. The highest BCUT2D eigenvalue weighted by molar-refractivity contribution is 5.77. The van der Waals surface area contributed by atoms with Crippen LogP contribution in [0.25, 0.3) is 0 Å². The van der Waals surface area contributed by atoms with Crippen LogP contribution in [0.3, 0.4) is 0 Å². The Hall–Kier alpha value is -3.29. The van der Waals surface area contributed by atoms with E-state index < -0.39 is 6.36 Å². The van der Waals surface area contributed by atoms with Crippen molar-refractivity contribution >= 4 is 5.78 Å². The standard InChI is InChI=1S/C26H26F3NO4/c1-17(31)14-22(24-12-13-33-30-24)20-7-9-21(10-8-20)32-16-18-6-11-25(34-26(27,28)29)23(15-18)19-4-2-3-5-19/h6-13,15,19,22H,2-5,14,16H2,1H3/t22-/m0/s1. The van der Waals surface area contributed by atoms with E-state index in [9.17, 15) is 18.0 Å². The summed E-state index contributed by atoms with van der Waals surface area (Å²) in [5, 5.41) is 3.98. The zero-order valence-corrected chi connectivity index (χ0v) is 18.8. The summed E-state index contributed by atoms with van der Waals surface area (Å²) >= 11 is 0. The number of rotatable bonds is 9. The number of alkyl halides is 3. The van der Waals surface area contributed by atoms with Crippen molar-refractivity contribution in [2.75, 3.05) is 0 Å². The van der Waals surface area contributed by atoms with Crippen LogP contribution < -0.4 is 9.47 Å². The minimum absolute atomic E-state index is 0.0457. The molecule has 34 heavy (non-hydrogen) atoms. The molecule has 2 aromatic carbocycles. The van der Waals surface area contributed by atoms with Gasteiger partial charge in [-0.15, -0.1) is 13.2 Å². The second kappa shape index (κ2) is 10.3. The van der Waals surface area contributed by atoms with Gasteiger partial charge in [-0.2, -0.15) is 0 Å². The average Bonchev–Trinajstić information content (AvgIpc) is 3.50. The van der Waals surface area contributed by atoms with Crippen LogP contribution in [0.15, 0.2) is 59.3 Å². The van der Waals surface area contributed by atoms with Gasteiger partial charge in [-0.3, -0.25) is 4.79 Å². The van der Waals surface area contributed by atoms with Gasteiger partial charge in [0.1, 0.15) is 30.2 Å². The zero-order chi connectivity index (χ0) is 24.1. The molecule has 1 heterocycles. The number of ketones is 1. The van der Waals surface area contributed by atoms with Crippen LogP contribution in [0.1, 0.15) is 73.2 Å². The molecule has 1 aliphatic rings. The molecule has 0 spiro atoms. The Morgan fingerprint density at radius 1 is 1.12 bits per heavy atom. The molecule has 0 N–H and O–H groups in total. The summed E-state index contributed by atoms with van der Waals surface area (Å²) in [5.74, 6) is 0.386. The number of carbonyl (C=O) groups is 1. The van der Waals surface area contributed by atoms with Gasteiger partial charge < -0.3 is 14.0 Å². The van der Waals surface area contributed by atoms with Gasteiger partial charge in [-0.25, -0.2) is 0 Å². The van der Waals surface area contributed by atoms with Crippen LogP contribution in [0.5, 0.6) is 11.5 Å². The third kappa shape index (κ3) is 6.18. The second-order valence-electron chi connectivity index (χ2n) is 8.64. The van der Waals surface area contributed by atoms with Gasteiger partial charge in [0.05, 0.1) is 5.69 Å². The lowest BCUT2D eigenvalue weighted by atomic mass is 9.91. The van der Waals surface area contributed by atoms with Crippen LogP contribution in [-0.2, 0) is 11.4 Å². The Bertz CT molecular complexity index is 1090. The number of ether oxygens (including phenoxy) is 2. The van der Waals surface area contributed by atoms with E-state index in [4.69, 9.17) is 9.26 Å². The topological polar surface area (TPSA) is 61.6 Å². The molecule has 1 fully saturated rings. The third-order valence-corrected chi connectivity index (χ3v) is 6.09. The van der Waals surface area contributed by atoms with Crippen molar-refractivity contribution in [1.82, 2.24) is 5.16 Å². The summed E-state index contributed by atoms with van der Waals surface area (Å²) in [5.41, 5.74) is 2.96. The Kier molecular flexibility index (Phi) is 7.24. The number of Topliss-reactive ketones (excluding diaryl/α,β-unsaturated/α-hetero) is 1. The molecule has 5 nitrogen and oxygen atoms in total. The van der Waals surface area contributed by atoms with E-state index in [2.05, 4.69) is 9.89 Å². The number of carbonyl (C=O) groups excluding carboxylic acids is 1. The van der Waals surface area contributed by atoms with Crippen LogP contribution in [0.4, 0.5) is 13.2 Å². The van der Waals surface area contributed by atoms with E-state index >= 15 is 0 Å². The maximum absolute atomic E-state index is 12.9. The normalized spacial score (nSPS) is 15.3. The monoisotopic (exact) mass is 473 g/mol. The summed E-state index contributed by atoms with van der Waals surface area (Å²) in [4.78, 5) is 11.7. The molecule has 0 unspecified atom stereocenters. The lowest BCUT2D eigenvalue weighted by Crippen LogP contribution is -2.18. The van der Waals surface area contributed by atoms with Gasteiger partial charge in [0, 0.05) is 18.4 Å². The quantitative estimate of drug-likeness (QED) is 0.338. The molecular formula is C26H26F3NO4. The summed E-state index contributed by atoms with van der Waals surface area (Å²) in [6.45, 7) is 1.75. The number of aromatic nitrogens is 1. The molecular weight excluding hydrogens is 447 g/mol. The third-order valence-electron chi connectivity index (χ3n) is 6.09. The molecule has 4 rings (SSSR count). The Morgan fingerprint density at radius 3 is 2.47 bits per heavy atom. The zero-order valence-electron chi connectivity index (χ0n) is 18.8. The van der Waals surface area contributed by atoms with Crippen LogP contribution in [0.2, 0.25) is 0 Å². The first-order valence-electron chi connectivity index (χ1n) is 11.3. The fraction of sp³-hybridized carbons (Fsp3) is 0.385. The largest absolute Gasteiger partial charge is 0.573 e. The molecule has 1 aliphatic carbocycles. The molecule has 1 saturated carbocycles. The Balaban J connectivity index is 1.46. The van der Waals surface area contributed by atoms with Crippen molar-refractivity contribution in [1.29, 1.82) is 0 Å². The van der Waals surface area contributed by atoms with E-state index in [0.29, 0.717) is 23.4 Å². The predicted molar refractivity (Wildman–Crippen MR) is 119 cm³/mol. The number of benzene rings is 2. The fourth-order valence-electron chi connectivity index (χ4n) is 4.51. The Labute approximate surface area is 195 Å². The maximum atomic E-state index is 12.9. The molecule has 0 saturated heterocycles. The van der Waals surface area contributed by atoms with Gasteiger partial charge in [0.25, 0.3) is 0 Å². The highest BCUT2D eigenvalue weighted by atomic mass is 19.4. The lowest BCUT2D eigenvalue weighted by Gasteiger charge is -2.19. The minimum atomic E-state index is -4.72. The average molecular weight is 473 g/mol. The second-order valence-corrected chi connectivity index (χ2v) is 8.64. The van der Waals surface area contributed by atoms with Gasteiger partial charge in [0.2, 0.25) is 0 Å². The van der Waals surface area contributed by atoms with Gasteiger partial charge >= 0.3 is 6.36 Å². The molecule has 1 aromatic heterocycles. The molecule has 8 heteroatoms. The highest BCUT2D eigenvalue weighted by Gasteiger charge is 2.33. The fourth-order valence-corrected chi connectivity index (χ4v) is 4.51. The first-order chi connectivity index (χ1) is 16.3. The number of nitrogens with zero attached hydrogens (tertiary/aromatic N) is 1. The van der Waals surface area contributed by atoms with E-state index in [1.165, 1.54) is 19.3 Å². The van der Waals surface area contributed by atoms with Crippen LogP contribution >= 0.6 is 0 Å². The van der Waals surface area contributed by atoms with Crippen molar-refractivity contribution in [2.24, 2.45) is 0 Å². The van der Waals surface area contributed by atoms with E-state index in [1.54, 1.807) is 18.2 Å². The molecule has 0 radical (unpaired) electrons. The van der Waals surface area contributed by atoms with E-state index in [0.717, 1.165) is 36.8 Å². The van der Waals surface area contributed by atoms with Gasteiger partial charge in [0.15, 0.2) is 0 Å². The highest BCUT2D eigenvalue weighted by Crippen LogP contribution is 2.41. The SMILES string of the molecule is CC(=O)C[C@@H](c1ccc(OCc2ccc(OC(F)(F)F)c(C3CCCC3)c2)cc1)c1ccon1. The smallest absolute Gasteiger partial charge is 0.489 e. The summed E-state index contributed by atoms with van der Waals surface area (Å²) in [6, 6.07) is 13.9.